The van der Waals surface area contributed by atoms with Crippen LogP contribution in [0.15, 0.2) is 0 Å². The summed E-state index contributed by atoms with van der Waals surface area (Å²) in [6, 6.07) is -1.15. The van der Waals surface area contributed by atoms with Crippen molar-refractivity contribution in [3.63, 3.8) is 0 Å². The van der Waals surface area contributed by atoms with Crippen LogP contribution in [0.5, 0.6) is 0 Å². The molecule has 1 fully saturated rings. The zero-order valence-corrected chi connectivity index (χ0v) is 11.6. The van der Waals surface area contributed by atoms with Gasteiger partial charge in [0.25, 0.3) is 0 Å². The standard InChI is InChI=1S/C14H22N2O3/c1-4-7-11(5-2)15-14(19)16-9-6-8-10(3)12(16)13(17)18/h1,10-12H,5-9H2,2-3H3,(H,15,19)(H,17,18). The Morgan fingerprint density at radius 2 is 2.26 bits per heavy atom. The Morgan fingerprint density at radius 3 is 2.79 bits per heavy atom. The molecule has 0 spiro atoms. The van der Waals surface area contributed by atoms with Gasteiger partial charge in [-0.25, -0.2) is 9.59 Å². The van der Waals surface area contributed by atoms with Crippen LogP contribution in [0.1, 0.15) is 39.5 Å². The van der Waals surface area contributed by atoms with E-state index in [-0.39, 0.29) is 18.0 Å². The van der Waals surface area contributed by atoms with Crippen molar-refractivity contribution in [1.29, 1.82) is 0 Å². The van der Waals surface area contributed by atoms with Gasteiger partial charge in [-0.3, -0.25) is 0 Å². The third-order valence-corrected chi connectivity index (χ3v) is 3.63. The number of aliphatic carboxylic acids is 1. The summed E-state index contributed by atoms with van der Waals surface area (Å²) < 4.78 is 0. The van der Waals surface area contributed by atoms with Crippen molar-refractivity contribution in [1.82, 2.24) is 10.2 Å². The Hall–Kier alpha value is -1.70. The first kappa shape index (κ1) is 15.4. The molecule has 0 aromatic heterocycles. The number of nitrogens with one attached hydrogen (secondary N) is 1. The Balaban J connectivity index is 2.73. The number of carboxylic acid groups (broad SMARTS) is 1. The van der Waals surface area contributed by atoms with Crippen LogP contribution in [0.4, 0.5) is 4.79 Å². The molecule has 5 heteroatoms. The molecule has 1 aliphatic rings. The minimum absolute atomic E-state index is 0.0234. The van der Waals surface area contributed by atoms with Gasteiger partial charge in [-0.2, -0.15) is 0 Å². The summed E-state index contributed by atoms with van der Waals surface area (Å²) in [5.74, 6) is 1.56. The molecule has 3 unspecified atom stereocenters. The molecule has 0 aromatic carbocycles. The maximum absolute atomic E-state index is 12.2. The summed E-state index contributed by atoms with van der Waals surface area (Å²) in [7, 11) is 0. The quantitative estimate of drug-likeness (QED) is 0.761. The van der Waals surface area contributed by atoms with Crippen molar-refractivity contribution in [2.75, 3.05) is 6.54 Å². The van der Waals surface area contributed by atoms with Gasteiger partial charge in [0.1, 0.15) is 6.04 Å². The number of rotatable bonds is 4. The molecule has 0 bridgehead atoms. The van der Waals surface area contributed by atoms with Crippen LogP contribution in [0.3, 0.4) is 0 Å². The van der Waals surface area contributed by atoms with Gasteiger partial charge in [-0.1, -0.05) is 13.8 Å². The number of terminal acetylenes is 1. The fourth-order valence-electron chi connectivity index (χ4n) is 2.49. The first-order chi connectivity index (χ1) is 9.01. The SMILES string of the molecule is C#CCC(CC)NC(=O)N1CCCC(C)C1C(=O)O. The highest BCUT2D eigenvalue weighted by molar-refractivity contribution is 5.83. The van der Waals surface area contributed by atoms with E-state index in [1.165, 1.54) is 4.90 Å². The van der Waals surface area contributed by atoms with Gasteiger partial charge in [-0.15, -0.1) is 12.3 Å². The number of urea groups is 1. The van der Waals surface area contributed by atoms with Gasteiger partial charge < -0.3 is 15.3 Å². The predicted octanol–water partition coefficient (Wildman–Crippen LogP) is 1.68. The molecule has 0 saturated carbocycles. The van der Waals surface area contributed by atoms with Gasteiger partial charge in [0.15, 0.2) is 0 Å². The molecule has 1 saturated heterocycles. The maximum atomic E-state index is 12.2. The minimum Gasteiger partial charge on any atom is -0.480 e. The van der Waals surface area contributed by atoms with E-state index in [2.05, 4.69) is 11.2 Å². The number of carbonyl (C=O) groups is 2. The average Bonchev–Trinajstić information content (AvgIpc) is 2.37. The molecule has 0 aliphatic carbocycles. The number of nitrogens with zero attached hydrogens (tertiary/aromatic N) is 1. The summed E-state index contributed by atoms with van der Waals surface area (Å²) >= 11 is 0. The van der Waals surface area contributed by atoms with Crippen molar-refractivity contribution in [2.45, 2.75) is 51.6 Å². The molecular weight excluding hydrogens is 244 g/mol. The van der Waals surface area contributed by atoms with E-state index in [1.54, 1.807) is 0 Å². The lowest BCUT2D eigenvalue weighted by molar-refractivity contribution is -0.145. The normalized spacial score (nSPS) is 24.4. The molecule has 3 atom stereocenters. The van der Waals surface area contributed by atoms with Crippen molar-refractivity contribution in [3.05, 3.63) is 0 Å². The van der Waals surface area contributed by atoms with E-state index >= 15 is 0 Å². The van der Waals surface area contributed by atoms with Crippen molar-refractivity contribution < 1.29 is 14.7 Å². The zero-order valence-electron chi connectivity index (χ0n) is 11.6. The second-order valence-electron chi connectivity index (χ2n) is 5.06. The number of likely N-dealkylation sites (tertiary alicyclic amines) is 1. The van der Waals surface area contributed by atoms with Crippen LogP contribution in [-0.2, 0) is 4.79 Å². The third-order valence-electron chi connectivity index (χ3n) is 3.63. The number of piperidine rings is 1. The lowest BCUT2D eigenvalue weighted by atomic mass is 9.91. The molecule has 2 amide bonds. The van der Waals surface area contributed by atoms with Gasteiger partial charge in [-0.05, 0) is 25.2 Å². The highest BCUT2D eigenvalue weighted by atomic mass is 16.4. The van der Waals surface area contributed by atoms with E-state index in [1.807, 2.05) is 13.8 Å². The van der Waals surface area contributed by atoms with Crippen molar-refractivity contribution in [2.24, 2.45) is 5.92 Å². The fraction of sp³-hybridized carbons (Fsp3) is 0.714. The number of carbonyl (C=O) groups excluding carboxylic acids is 1. The number of carboxylic acids is 1. The lowest BCUT2D eigenvalue weighted by Gasteiger charge is -2.37. The number of hydrogen-bond donors (Lipinski definition) is 2. The van der Waals surface area contributed by atoms with Crippen LogP contribution in [0.2, 0.25) is 0 Å². The van der Waals surface area contributed by atoms with E-state index in [0.29, 0.717) is 13.0 Å². The van der Waals surface area contributed by atoms with Crippen LogP contribution >= 0.6 is 0 Å². The average molecular weight is 266 g/mol. The molecule has 0 radical (unpaired) electrons. The molecule has 2 N–H and O–H groups in total. The number of amides is 2. The predicted molar refractivity (Wildman–Crippen MR) is 72.6 cm³/mol. The highest BCUT2D eigenvalue weighted by Gasteiger charge is 2.37. The van der Waals surface area contributed by atoms with E-state index in [0.717, 1.165) is 19.3 Å². The largest absolute Gasteiger partial charge is 0.480 e. The molecule has 106 valence electrons. The van der Waals surface area contributed by atoms with Crippen LogP contribution in [0.25, 0.3) is 0 Å². The zero-order chi connectivity index (χ0) is 14.4. The Labute approximate surface area is 114 Å². The van der Waals surface area contributed by atoms with E-state index in [4.69, 9.17) is 6.42 Å². The van der Waals surface area contributed by atoms with Gasteiger partial charge in [0, 0.05) is 19.0 Å². The smallest absolute Gasteiger partial charge is 0.326 e. The Morgan fingerprint density at radius 1 is 1.58 bits per heavy atom. The molecule has 1 rings (SSSR count). The van der Waals surface area contributed by atoms with Gasteiger partial charge in [0.2, 0.25) is 0 Å². The number of hydrogen-bond acceptors (Lipinski definition) is 2. The molecule has 1 heterocycles. The molecule has 5 nitrogen and oxygen atoms in total. The maximum Gasteiger partial charge on any atom is 0.326 e. The first-order valence-electron chi connectivity index (χ1n) is 6.74. The molecule has 1 aliphatic heterocycles. The summed E-state index contributed by atoms with van der Waals surface area (Å²) in [5, 5.41) is 12.1. The van der Waals surface area contributed by atoms with Gasteiger partial charge in [0.05, 0.1) is 0 Å². The summed E-state index contributed by atoms with van der Waals surface area (Å²) in [4.78, 5) is 24.9. The van der Waals surface area contributed by atoms with Crippen LogP contribution in [0, 0.1) is 18.3 Å². The minimum atomic E-state index is -0.938. The molecule has 0 aromatic rings. The van der Waals surface area contributed by atoms with E-state index < -0.39 is 12.0 Å². The highest BCUT2D eigenvalue weighted by Crippen LogP contribution is 2.23. The van der Waals surface area contributed by atoms with Crippen LogP contribution < -0.4 is 5.32 Å². The third kappa shape index (κ3) is 3.88. The fourth-order valence-corrected chi connectivity index (χ4v) is 2.49. The van der Waals surface area contributed by atoms with Crippen molar-refractivity contribution >= 4 is 12.0 Å². The van der Waals surface area contributed by atoms with E-state index in [9.17, 15) is 14.7 Å². The molecule has 19 heavy (non-hydrogen) atoms. The Bertz CT molecular complexity index is 375. The topological polar surface area (TPSA) is 69.6 Å². The van der Waals surface area contributed by atoms with Crippen molar-refractivity contribution in [3.8, 4) is 12.3 Å². The summed E-state index contributed by atoms with van der Waals surface area (Å²) in [5.41, 5.74) is 0. The second kappa shape index (κ2) is 7.03. The van der Waals surface area contributed by atoms with Crippen LogP contribution in [-0.4, -0.2) is 40.6 Å². The first-order valence-corrected chi connectivity index (χ1v) is 6.74. The monoisotopic (exact) mass is 266 g/mol. The summed E-state index contributed by atoms with van der Waals surface area (Å²) in [6.45, 7) is 4.30. The Kier molecular flexibility index (Phi) is 5.68. The summed E-state index contributed by atoms with van der Waals surface area (Å²) in [6.07, 6.45) is 8.12. The lowest BCUT2D eigenvalue weighted by Crippen LogP contribution is -2.56. The second-order valence-corrected chi connectivity index (χ2v) is 5.06. The van der Waals surface area contributed by atoms with Gasteiger partial charge >= 0.3 is 12.0 Å². The molecular formula is C14H22N2O3.